The molecule has 0 amide bonds. The molecule has 29 heavy (non-hydrogen) atoms. The van der Waals surface area contributed by atoms with Crippen molar-refractivity contribution in [2.45, 2.75) is 19.8 Å². The van der Waals surface area contributed by atoms with E-state index in [-0.39, 0.29) is 0 Å². The number of anilines is 1. The van der Waals surface area contributed by atoms with E-state index in [1.165, 1.54) is 18.4 Å². The molecule has 5 rings (SSSR count). The van der Waals surface area contributed by atoms with Gasteiger partial charge < -0.3 is 14.4 Å². The lowest BCUT2D eigenvalue weighted by Gasteiger charge is -2.28. The van der Waals surface area contributed by atoms with E-state index in [1.807, 2.05) is 18.3 Å². The molecule has 1 aromatic carbocycles. The number of rotatable bonds is 6. The fourth-order valence-electron chi connectivity index (χ4n) is 3.42. The normalized spacial score (nSPS) is 16.8. The summed E-state index contributed by atoms with van der Waals surface area (Å²) in [5.74, 6) is 2.22. The van der Waals surface area contributed by atoms with Crippen molar-refractivity contribution in [2.75, 3.05) is 37.8 Å². The van der Waals surface area contributed by atoms with Gasteiger partial charge in [-0.3, -0.25) is 0 Å². The predicted molar refractivity (Wildman–Crippen MR) is 111 cm³/mol. The van der Waals surface area contributed by atoms with Crippen LogP contribution in [0.15, 0.2) is 42.6 Å². The second-order valence-corrected chi connectivity index (χ2v) is 7.74. The molecule has 3 heterocycles. The van der Waals surface area contributed by atoms with Gasteiger partial charge in [0.15, 0.2) is 5.82 Å². The molecule has 0 bridgehead atoms. The summed E-state index contributed by atoms with van der Waals surface area (Å²) in [4.78, 5) is 11.5. The van der Waals surface area contributed by atoms with Crippen molar-refractivity contribution in [1.29, 1.82) is 0 Å². The second kappa shape index (κ2) is 7.83. The number of nitrogens with zero attached hydrogens (tertiary/aromatic N) is 5. The van der Waals surface area contributed by atoms with E-state index in [9.17, 15) is 0 Å². The first-order valence-electron chi connectivity index (χ1n) is 10.2. The molecule has 3 aromatic rings. The Hall–Kier alpha value is -2.93. The molecular weight excluding hydrogens is 366 g/mol. The van der Waals surface area contributed by atoms with E-state index in [2.05, 4.69) is 46.1 Å². The summed E-state index contributed by atoms with van der Waals surface area (Å²) >= 11 is 0. The van der Waals surface area contributed by atoms with E-state index in [0.29, 0.717) is 37.6 Å². The molecule has 7 nitrogen and oxygen atoms in total. The zero-order valence-electron chi connectivity index (χ0n) is 16.6. The highest BCUT2D eigenvalue weighted by molar-refractivity contribution is 5.60. The van der Waals surface area contributed by atoms with Crippen LogP contribution in [0, 0.1) is 12.8 Å². The highest BCUT2D eigenvalue weighted by Crippen LogP contribution is 2.29. The second-order valence-electron chi connectivity index (χ2n) is 7.74. The number of ether oxygens (including phenoxy) is 2. The molecule has 7 heteroatoms. The van der Waals surface area contributed by atoms with E-state index in [0.717, 1.165) is 30.2 Å². The van der Waals surface area contributed by atoms with Gasteiger partial charge in [0.05, 0.1) is 25.5 Å². The van der Waals surface area contributed by atoms with Gasteiger partial charge in [0.25, 0.3) is 0 Å². The van der Waals surface area contributed by atoms with Crippen LogP contribution >= 0.6 is 0 Å². The Bertz CT molecular complexity index is 992. The molecule has 0 atom stereocenters. The number of morpholine rings is 1. The van der Waals surface area contributed by atoms with Crippen molar-refractivity contribution < 1.29 is 9.47 Å². The van der Waals surface area contributed by atoms with Gasteiger partial charge in [-0.15, -0.1) is 0 Å². The minimum atomic E-state index is 0.420. The molecule has 0 unspecified atom stereocenters. The Kier molecular flexibility index (Phi) is 4.89. The van der Waals surface area contributed by atoms with Crippen molar-refractivity contribution in [1.82, 2.24) is 19.7 Å². The van der Waals surface area contributed by atoms with Crippen LogP contribution in [-0.2, 0) is 4.74 Å². The molecule has 1 saturated carbocycles. The first-order chi connectivity index (χ1) is 14.2. The van der Waals surface area contributed by atoms with Crippen LogP contribution in [0.3, 0.4) is 0 Å². The Balaban J connectivity index is 1.46. The van der Waals surface area contributed by atoms with Crippen LogP contribution in [0.1, 0.15) is 18.4 Å². The smallest absolute Gasteiger partial charge is 0.320 e. The summed E-state index contributed by atoms with van der Waals surface area (Å²) < 4.78 is 13.2. The lowest BCUT2D eigenvalue weighted by atomic mass is 10.1. The first-order valence-corrected chi connectivity index (χ1v) is 10.2. The van der Waals surface area contributed by atoms with E-state index >= 15 is 0 Å². The molecule has 2 fully saturated rings. The van der Waals surface area contributed by atoms with Crippen LogP contribution < -0.4 is 9.64 Å². The maximum Gasteiger partial charge on any atom is 0.320 e. The fraction of sp³-hybridized carbons (Fsp3) is 0.409. The maximum absolute atomic E-state index is 5.91. The van der Waals surface area contributed by atoms with Crippen LogP contribution in [-0.4, -0.2) is 52.7 Å². The fourth-order valence-corrected chi connectivity index (χ4v) is 3.42. The first kappa shape index (κ1) is 18.1. The molecule has 0 radical (unpaired) electrons. The van der Waals surface area contributed by atoms with Crippen LogP contribution in [0.4, 0.5) is 5.82 Å². The van der Waals surface area contributed by atoms with E-state index in [1.54, 1.807) is 4.68 Å². The maximum atomic E-state index is 5.91. The average Bonchev–Trinajstić information content (AvgIpc) is 3.46. The van der Waals surface area contributed by atoms with Gasteiger partial charge in [-0.05, 0) is 37.8 Å². The quantitative estimate of drug-likeness (QED) is 0.643. The van der Waals surface area contributed by atoms with Crippen molar-refractivity contribution in [3.8, 4) is 23.1 Å². The summed E-state index contributed by atoms with van der Waals surface area (Å²) in [6.07, 6.45) is 4.40. The number of hydrogen-bond acceptors (Lipinski definition) is 6. The van der Waals surface area contributed by atoms with E-state index < -0.39 is 0 Å². The lowest BCUT2D eigenvalue weighted by molar-refractivity contribution is 0.122. The van der Waals surface area contributed by atoms with E-state index in [4.69, 9.17) is 14.6 Å². The van der Waals surface area contributed by atoms with Gasteiger partial charge in [0.1, 0.15) is 5.82 Å². The third-order valence-electron chi connectivity index (χ3n) is 5.30. The molecular formula is C22H25N5O2. The Labute approximate surface area is 170 Å². The Morgan fingerprint density at radius 3 is 2.69 bits per heavy atom. The van der Waals surface area contributed by atoms with Crippen molar-refractivity contribution in [3.63, 3.8) is 0 Å². The van der Waals surface area contributed by atoms with Gasteiger partial charge in [-0.25, -0.2) is 4.68 Å². The molecule has 0 N–H and O–H groups in total. The van der Waals surface area contributed by atoms with Gasteiger partial charge in [-0.1, -0.05) is 23.8 Å². The zero-order chi connectivity index (χ0) is 19.6. The van der Waals surface area contributed by atoms with Gasteiger partial charge in [-0.2, -0.15) is 15.1 Å². The van der Waals surface area contributed by atoms with Crippen LogP contribution in [0.25, 0.3) is 17.1 Å². The molecule has 1 aliphatic carbocycles. The van der Waals surface area contributed by atoms with Gasteiger partial charge >= 0.3 is 6.01 Å². The SMILES string of the molecule is Cc1cccc(-c2ccn(-c3cc(N4CCOCC4)nc(OCC4CC4)n3)n2)c1. The highest BCUT2D eigenvalue weighted by atomic mass is 16.5. The minimum absolute atomic E-state index is 0.420. The third-order valence-corrected chi connectivity index (χ3v) is 5.30. The zero-order valence-corrected chi connectivity index (χ0v) is 16.6. The third kappa shape index (κ3) is 4.24. The predicted octanol–water partition coefficient (Wildman–Crippen LogP) is 3.26. The summed E-state index contributed by atoms with van der Waals surface area (Å²) in [5, 5.41) is 4.75. The summed E-state index contributed by atoms with van der Waals surface area (Å²) in [7, 11) is 0. The molecule has 1 aliphatic heterocycles. The van der Waals surface area contributed by atoms with Crippen LogP contribution in [0.5, 0.6) is 6.01 Å². The minimum Gasteiger partial charge on any atom is -0.463 e. The Morgan fingerprint density at radius 2 is 1.90 bits per heavy atom. The number of hydrogen-bond donors (Lipinski definition) is 0. The van der Waals surface area contributed by atoms with Gasteiger partial charge in [0, 0.05) is 30.9 Å². The van der Waals surface area contributed by atoms with Crippen molar-refractivity contribution >= 4 is 5.82 Å². The summed E-state index contributed by atoms with van der Waals surface area (Å²) in [6, 6.07) is 12.7. The standard InChI is InChI=1S/C22H25N5O2/c1-16-3-2-4-18(13-16)19-7-8-27(25-19)21-14-20(26-9-11-28-12-10-26)23-22(24-21)29-15-17-5-6-17/h2-4,7-8,13-14,17H,5-6,9-12,15H2,1H3. The number of aryl methyl sites for hydroxylation is 1. The molecule has 1 saturated heterocycles. The summed E-state index contributed by atoms with van der Waals surface area (Å²) in [5.41, 5.74) is 3.22. The molecule has 2 aromatic heterocycles. The highest BCUT2D eigenvalue weighted by Gasteiger charge is 2.23. The van der Waals surface area contributed by atoms with Gasteiger partial charge in [0.2, 0.25) is 0 Å². The number of benzene rings is 1. The van der Waals surface area contributed by atoms with Crippen molar-refractivity contribution in [2.24, 2.45) is 5.92 Å². The van der Waals surface area contributed by atoms with Crippen molar-refractivity contribution in [3.05, 3.63) is 48.2 Å². The topological polar surface area (TPSA) is 65.3 Å². The van der Waals surface area contributed by atoms with Crippen LogP contribution in [0.2, 0.25) is 0 Å². The largest absolute Gasteiger partial charge is 0.463 e. The monoisotopic (exact) mass is 391 g/mol. The molecule has 2 aliphatic rings. The Morgan fingerprint density at radius 1 is 1.07 bits per heavy atom. The average molecular weight is 391 g/mol. The molecule has 150 valence electrons. The number of aromatic nitrogens is 4. The lowest BCUT2D eigenvalue weighted by Crippen LogP contribution is -2.37. The summed E-state index contributed by atoms with van der Waals surface area (Å²) in [6.45, 7) is 5.80. The molecule has 0 spiro atoms.